The fourth-order valence-corrected chi connectivity index (χ4v) is 3.02. The Morgan fingerprint density at radius 1 is 1.35 bits per heavy atom. The van der Waals surface area contributed by atoms with Crippen LogP contribution in [-0.2, 0) is 9.47 Å². The van der Waals surface area contributed by atoms with Gasteiger partial charge >= 0.3 is 0 Å². The number of nitrogens with zero attached hydrogens (tertiary/aromatic N) is 2. The molecule has 1 aromatic carbocycles. The van der Waals surface area contributed by atoms with Crippen LogP contribution in [0.4, 0.5) is 0 Å². The van der Waals surface area contributed by atoms with E-state index in [0.29, 0.717) is 13.2 Å². The van der Waals surface area contributed by atoms with Crippen LogP contribution in [-0.4, -0.2) is 70.5 Å². The first kappa shape index (κ1) is 23.4. The number of benzene rings is 1. The topological polar surface area (TPSA) is 58.1 Å². The molecule has 0 aliphatic carbocycles. The number of nitrogens with one attached hydrogen (secondary N) is 2. The van der Waals surface area contributed by atoms with Crippen LogP contribution in [0.15, 0.2) is 29.3 Å². The largest absolute Gasteiger partial charge is 0.383 e. The van der Waals surface area contributed by atoms with E-state index < -0.39 is 0 Å². The van der Waals surface area contributed by atoms with Gasteiger partial charge < -0.3 is 20.1 Å². The van der Waals surface area contributed by atoms with Crippen LogP contribution in [0.3, 0.4) is 0 Å². The second-order valence-electron chi connectivity index (χ2n) is 5.86. The molecule has 0 spiro atoms. The minimum atomic E-state index is 0. The predicted octanol–water partition coefficient (Wildman–Crippen LogP) is 2.53. The van der Waals surface area contributed by atoms with Crippen molar-refractivity contribution in [3.8, 4) is 0 Å². The van der Waals surface area contributed by atoms with E-state index in [0.717, 1.165) is 50.4 Å². The summed E-state index contributed by atoms with van der Waals surface area (Å²) in [4.78, 5) is 7.19. The monoisotopic (exact) mass is 496 g/mol. The Morgan fingerprint density at radius 2 is 2.12 bits per heavy atom. The lowest BCUT2D eigenvalue weighted by Crippen LogP contribution is -2.42. The molecular weight excluding hydrogens is 467 g/mol. The minimum Gasteiger partial charge on any atom is -0.383 e. The van der Waals surface area contributed by atoms with Gasteiger partial charge in [-0.15, -0.1) is 24.0 Å². The fraction of sp³-hybridized carbons (Fsp3) is 0.611. The van der Waals surface area contributed by atoms with Crippen molar-refractivity contribution >= 4 is 41.5 Å². The molecule has 1 heterocycles. The van der Waals surface area contributed by atoms with Crippen molar-refractivity contribution in [2.45, 2.75) is 13.0 Å². The number of methoxy groups -OCH3 is 1. The molecule has 1 aliphatic heterocycles. The first-order valence-corrected chi connectivity index (χ1v) is 9.20. The zero-order chi connectivity index (χ0) is 17.9. The molecule has 0 aromatic heterocycles. The van der Waals surface area contributed by atoms with Crippen LogP contribution >= 0.6 is 35.6 Å². The molecular formula is C18H30ClIN4O2. The van der Waals surface area contributed by atoms with Gasteiger partial charge in [0, 0.05) is 38.3 Å². The molecule has 1 aromatic rings. The maximum Gasteiger partial charge on any atom is 0.191 e. The number of aliphatic imine (C=N–C) groups is 1. The van der Waals surface area contributed by atoms with Crippen LogP contribution in [0.25, 0.3) is 0 Å². The Hall–Kier alpha value is -0.610. The molecule has 2 rings (SSSR count). The molecule has 148 valence electrons. The zero-order valence-corrected chi connectivity index (χ0v) is 18.6. The molecule has 0 saturated carbocycles. The standard InChI is InChI=1S/C18H29ClN4O2.HI/c1-3-20-18(21-7-10-24-2)22-14-17(23-8-11-25-12-9-23)15-5-4-6-16(19)13-15;/h4-6,13,17H,3,7-12,14H2,1-2H3,(H2,20,21,22);1H. The lowest BCUT2D eigenvalue weighted by atomic mass is 10.0. The molecule has 1 unspecified atom stereocenters. The van der Waals surface area contributed by atoms with Gasteiger partial charge in [0.1, 0.15) is 0 Å². The molecule has 0 radical (unpaired) electrons. The maximum absolute atomic E-state index is 6.21. The van der Waals surface area contributed by atoms with E-state index in [4.69, 9.17) is 26.1 Å². The molecule has 1 aliphatic rings. The summed E-state index contributed by atoms with van der Waals surface area (Å²) in [6.07, 6.45) is 0. The Morgan fingerprint density at radius 3 is 2.77 bits per heavy atom. The van der Waals surface area contributed by atoms with Crippen molar-refractivity contribution in [3.63, 3.8) is 0 Å². The maximum atomic E-state index is 6.21. The van der Waals surface area contributed by atoms with Crippen LogP contribution in [0.2, 0.25) is 5.02 Å². The van der Waals surface area contributed by atoms with Gasteiger partial charge in [0.15, 0.2) is 5.96 Å². The van der Waals surface area contributed by atoms with Gasteiger partial charge in [0.25, 0.3) is 0 Å². The van der Waals surface area contributed by atoms with E-state index >= 15 is 0 Å². The van der Waals surface area contributed by atoms with E-state index in [-0.39, 0.29) is 30.0 Å². The second kappa shape index (κ2) is 13.5. The third-order valence-electron chi connectivity index (χ3n) is 4.09. The minimum absolute atomic E-state index is 0. The van der Waals surface area contributed by atoms with Gasteiger partial charge in [-0.3, -0.25) is 9.89 Å². The van der Waals surface area contributed by atoms with Gasteiger partial charge in [-0.05, 0) is 24.6 Å². The Labute approximate surface area is 178 Å². The number of rotatable bonds is 8. The quantitative estimate of drug-likeness (QED) is 0.251. The number of hydrogen-bond donors (Lipinski definition) is 2. The van der Waals surface area contributed by atoms with Crippen LogP contribution in [0.1, 0.15) is 18.5 Å². The van der Waals surface area contributed by atoms with E-state index in [2.05, 4.69) is 28.5 Å². The van der Waals surface area contributed by atoms with Crippen LogP contribution in [0.5, 0.6) is 0 Å². The normalized spacial score (nSPS) is 16.7. The highest BCUT2D eigenvalue weighted by molar-refractivity contribution is 14.0. The predicted molar refractivity (Wildman–Crippen MR) is 118 cm³/mol. The number of guanidine groups is 1. The van der Waals surface area contributed by atoms with E-state index in [9.17, 15) is 0 Å². The molecule has 1 atom stereocenters. The van der Waals surface area contributed by atoms with Gasteiger partial charge in [0.2, 0.25) is 0 Å². The molecule has 26 heavy (non-hydrogen) atoms. The van der Waals surface area contributed by atoms with E-state index in [1.54, 1.807) is 7.11 Å². The van der Waals surface area contributed by atoms with Gasteiger partial charge in [-0.2, -0.15) is 0 Å². The smallest absolute Gasteiger partial charge is 0.191 e. The van der Waals surface area contributed by atoms with Crippen molar-refractivity contribution in [1.82, 2.24) is 15.5 Å². The lowest BCUT2D eigenvalue weighted by molar-refractivity contribution is 0.0179. The molecule has 2 N–H and O–H groups in total. The van der Waals surface area contributed by atoms with Gasteiger partial charge in [-0.1, -0.05) is 23.7 Å². The number of morpholine rings is 1. The number of halogens is 2. The second-order valence-corrected chi connectivity index (χ2v) is 6.29. The average molecular weight is 497 g/mol. The fourth-order valence-electron chi connectivity index (χ4n) is 2.83. The molecule has 0 bridgehead atoms. The molecule has 6 nitrogen and oxygen atoms in total. The first-order chi connectivity index (χ1) is 12.2. The number of hydrogen-bond acceptors (Lipinski definition) is 4. The van der Waals surface area contributed by atoms with Crippen molar-refractivity contribution in [3.05, 3.63) is 34.9 Å². The third-order valence-corrected chi connectivity index (χ3v) is 4.32. The summed E-state index contributed by atoms with van der Waals surface area (Å²) in [6.45, 7) is 8.22. The molecule has 0 amide bonds. The highest BCUT2D eigenvalue weighted by Crippen LogP contribution is 2.24. The van der Waals surface area contributed by atoms with Crippen LogP contribution < -0.4 is 10.6 Å². The summed E-state index contributed by atoms with van der Waals surface area (Å²) in [5.74, 6) is 0.805. The summed E-state index contributed by atoms with van der Waals surface area (Å²) in [7, 11) is 1.69. The molecule has 8 heteroatoms. The summed E-state index contributed by atoms with van der Waals surface area (Å²) in [5.41, 5.74) is 1.19. The summed E-state index contributed by atoms with van der Waals surface area (Å²) >= 11 is 6.21. The Balaban J connectivity index is 0.00000338. The summed E-state index contributed by atoms with van der Waals surface area (Å²) < 4.78 is 10.6. The highest BCUT2D eigenvalue weighted by atomic mass is 127. The Kier molecular flexibility index (Phi) is 12.2. The van der Waals surface area contributed by atoms with Gasteiger partial charge in [-0.25, -0.2) is 0 Å². The van der Waals surface area contributed by atoms with Gasteiger partial charge in [0.05, 0.1) is 32.4 Å². The summed E-state index contributed by atoms with van der Waals surface area (Å²) in [5, 5.41) is 7.32. The third kappa shape index (κ3) is 7.96. The highest BCUT2D eigenvalue weighted by Gasteiger charge is 2.22. The zero-order valence-electron chi connectivity index (χ0n) is 15.5. The van der Waals surface area contributed by atoms with Crippen molar-refractivity contribution in [1.29, 1.82) is 0 Å². The average Bonchev–Trinajstić information content (AvgIpc) is 2.63. The van der Waals surface area contributed by atoms with Crippen molar-refractivity contribution < 1.29 is 9.47 Å². The summed E-state index contributed by atoms with van der Waals surface area (Å²) in [6, 6.07) is 8.23. The Bertz CT molecular complexity index is 542. The van der Waals surface area contributed by atoms with Crippen LogP contribution in [0, 0.1) is 0 Å². The lowest BCUT2D eigenvalue weighted by Gasteiger charge is -2.34. The molecule has 1 saturated heterocycles. The number of ether oxygens (including phenoxy) is 2. The van der Waals surface area contributed by atoms with Crippen molar-refractivity contribution in [2.24, 2.45) is 4.99 Å². The molecule has 1 fully saturated rings. The van der Waals surface area contributed by atoms with E-state index in [1.807, 2.05) is 18.2 Å². The van der Waals surface area contributed by atoms with Crippen molar-refractivity contribution in [2.75, 3.05) is 59.7 Å². The first-order valence-electron chi connectivity index (χ1n) is 8.83. The van der Waals surface area contributed by atoms with E-state index in [1.165, 1.54) is 5.56 Å². The SMILES string of the molecule is CCNC(=NCC(c1cccc(Cl)c1)N1CCOCC1)NCCOC.I.